The summed E-state index contributed by atoms with van der Waals surface area (Å²) in [7, 11) is 3.10. The molecule has 0 bridgehead atoms. The Bertz CT molecular complexity index is 841. The van der Waals surface area contributed by atoms with E-state index in [1.807, 2.05) is 20.8 Å². The van der Waals surface area contributed by atoms with Gasteiger partial charge in [-0.2, -0.15) is 0 Å². The molecule has 1 aliphatic carbocycles. The van der Waals surface area contributed by atoms with Crippen molar-refractivity contribution in [3.05, 3.63) is 42.5 Å². The quantitative estimate of drug-likeness (QED) is 0.0828. The van der Waals surface area contributed by atoms with Gasteiger partial charge >= 0.3 is 0 Å². The molecular weight excluding hydrogens is 512 g/mol. The molecule has 0 aromatic heterocycles. The van der Waals surface area contributed by atoms with Crippen molar-refractivity contribution in [2.24, 2.45) is 10.9 Å². The molecule has 6 heteroatoms. The van der Waals surface area contributed by atoms with Gasteiger partial charge in [-0.25, -0.2) is 4.99 Å². The first-order valence-electron chi connectivity index (χ1n) is 11.5. The molecule has 6 nitrogen and oxygen atoms in total. The number of ketones is 2. The first-order chi connectivity index (χ1) is 16.2. The average molecular weight is 583 g/mol. The van der Waals surface area contributed by atoms with Crippen LogP contribution in [-0.4, -0.2) is 48.2 Å². The molecule has 2 amide bonds. The molecule has 1 fully saturated rings. The lowest BCUT2D eigenvalue weighted by Gasteiger charge is -2.03. The summed E-state index contributed by atoms with van der Waals surface area (Å²) in [6.07, 6.45) is 5.42. The Labute approximate surface area is 258 Å². The fourth-order valence-electron chi connectivity index (χ4n) is 1.40. The summed E-state index contributed by atoms with van der Waals surface area (Å²) in [4.78, 5) is 46.5. The van der Waals surface area contributed by atoms with Gasteiger partial charge in [0, 0.05) is 38.6 Å². The summed E-state index contributed by atoms with van der Waals surface area (Å²) in [5.74, 6) is 8.06. The number of imide groups is 1. The lowest BCUT2D eigenvalue weighted by molar-refractivity contribution is -0.135. The minimum atomic E-state index is -0.225. The molecule has 0 aromatic rings. The minimum Gasteiger partial charge on any atom is -0.295 e. The zero-order valence-electron chi connectivity index (χ0n) is 23.6. The van der Waals surface area contributed by atoms with Crippen molar-refractivity contribution < 1.29 is 19.2 Å². The number of allylic oxidation sites excluding steroid dienone is 2. The van der Waals surface area contributed by atoms with Crippen LogP contribution in [0.5, 0.6) is 0 Å². The predicted molar refractivity (Wildman–Crippen MR) is 189 cm³/mol. The van der Waals surface area contributed by atoms with Gasteiger partial charge in [0.25, 0.3) is 11.8 Å². The Morgan fingerprint density at radius 2 is 1.32 bits per heavy atom. The molecule has 0 aromatic carbocycles. The van der Waals surface area contributed by atoms with Crippen LogP contribution >= 0.6 is 0 Å². The van der Waals surface area contributed by atoms with Gasteiger partial charge in [0.2, 0.25) is 5.78 Å². The Hall–Kier alpha value is -3.29. The van der Waals surface area contributed by atoms with Crippen LogP contribution < -0.4 is 0 Å². The third-order valence-corrected chi connectivity index (χ3v) is 3.72. The number of carbonyl (C=O) groups is 4. The van der Waals surface area contributed by atoms with Crippen LogP contribution in [-0.2, 0) is 19.2 Å². The standard InChI is InChI=1S/C6H7NO2.C6H10O.C6H8O.2C4H8.C3H5N.6CH4/c1-4-3-5(8)7(2)6(4)9;1-4-6(7)5(2)3;1-3-5-6(7)4-2;1-4-2-3-4;1-4(2)3;1-3-4-2;;;;;;/h3H,1-2H3;2,4H2,1,3H3;4H2,1-2H3;4H,2-3H2,1H3;1H2,2-3H3;1H2,2H3;6*1H4. The second-order valence-electron chi connectivity index (χ2n) is 8.01. The fourth-order valence-corrected chi connectivity index (χ4v) is 1.40. The molecule has 244 valence electrons. The molecule has 0 saturated heterocycles. The lowest BCUT2D eigenvalue weighted by Crippen LogP contribution is -2.25. The van der Waals surface area contributed by atoms with Gasteiger partial charge < -0.3 is 0 Å². The molecule has 2 aliphatic rings. The molecule has 2 rings (SSSR count). The molecule has 1 saturated carbocycles. The highest BCUT2D eigenvalue weighted by molar-refractivity contribution is 6.15. The molecule has 0 N–H and O–H groups in total. The van der Waals surface area contributed by atoms with E-state index in [-0.39, 0.29) is 67.9 Å². The van der Waals surface area contributed by atoms with Crippen molar-refractivity contribution >= 4 is 29.3 Å². The van der Waals surface area contributed by atoms with Crippen molar-refractivity contribution in [1.82, 2.24) is 4.90 Å². The van der Waals surface area contributed by atoms with Crippen molar-refractivity contribution in [2.75, 3.05) is 14.1 Å². The fraction of sp³-hybridized carbons (Fsp3) is 0.600. The van der Waals surface area contributed by atoms with E-state index in [1.54, 1.807) is 34.7 Å². The maximum absolute atomic E-state index is 10.8. The third kappa shape index (κ3) is 57.6. The van der Waals surface area contributed by atoms with E-state index in [2.05, 4.69) is 49.4 Å². The second kappa shape index (κ2) is 43.8. The first-order valence-corrected chi connectivity index (χ1v) is 11.5. The third-order valence-electron chi connectivity index (χ3n) is 3.72. The van der Waals surface area contributed by atoms with Gasteiger partial charge in [0.05, 0.1) is 0 Å². The summed E-state index contributed by atoms with van der Waals surface area (Å²) in [5, 5.41) is 0. The molecule has 0 radical (unpaired) electrons. The number of aliphatic imine (C=N–C) groups is 1. The number of hydrogen-bond donors (Lipinski definition) is 0. The maximum atomic E-state index is 10.8. The van der Waals surface area contributed by atoms with Crippen molar-refractivity contribution in [3.8, 4) is 11.8 Å². The van der Waals surface area contributed by atoms with Gasteiger partial charge in [0.1, 0.15) is 0 Å². The maximum Gasteiger partial charge on any atom is 0.256 e. The van der Waals surface area contributed by atoms with Gasteiger partial charge in [-0.05, 0) is 64.5 Å². The van der Waals surface area contributed by atoms with Crippen molar-refractivity contribution in [3.63, 3.8) is 0 Å². The van der Waals surface area contributed by atoms with Crippen molar-refractivity contribution in [2.45, 2.75) is 126 Å². The minimum absolute atomic E-state index is 0. The average Bonchev–Trinajstić information content (AvgIpc) is 3.56. The van der Waals surface area contributed by atoms with Gasteiger partial charge in [-0.15, -0.1) is 6.58 Å². The Balaban J connectivity index is -0.0000000350. The van der Waals surface area contributed by atoms with Gasteiger partial charge in [-0.3, -0.25) is 24.1 Å². The number of Topliss-reactive ketones (excluding diaryl/α,β-unsaturated/α-hetero) is 2. The number of hydrogen-bond acceptors (Lipinski definition) is 5. The van der Waals surface area contributed by atoms with Crippen molar-refractivity contribution in [1.29, 1.82) is 0 Å². The lowest BCUT2D eigenvalue weighted by atomic mass is 10.2. The number of carbonyl (C=O) groups excluding carboxylic acids is 4. The Morgan fingerprint density at radius 3 is 1.37 bits per heavy atom. The van der Waals surface area contributed by atoms with Crippen LogP contribution in [0.3, 0.4) is 0 Å². The van der Waals surface area contributed by atoms with Crippen LogP contribution in [0.25, 0.3) is 0 Å². The van der Waals surface area contributed by atoms with Gasteiger partial charge in [-0.1, -0.05) is 96.2 Å². The highest BCUT2D eigenvalue weighted by atomic mass is 16.2. The molecule has 0 unspecified atom stereocenters. The molecule has 0 atom stereocenters. The van der Waals surface area contributed by atoms with Crippen LogP contribution in [0, 0.1) is 17.8 Å². The zero-order valence-corrected chi connectivity index (χ0v) is 23.6. The Kier molecular flexibility index (Phi) is 70.6. The van der Waals surface area contributed by atoms with Gasteiger partial charge in [0.15, 0.2) is 5.78 Å². The summed E-state index contributed by atoms with van der Waals surface area (Å²) < 4.78 is 0. The largest absolute Gasteiger partial charge is 0.295 e. The van der Waals surface area contributed by atoms with E-state index in [4.69, 9.17) is 0 Å². The van der Waals surface area contributed by atoms with E-state index in [0.717, 1.165) is 10.8 Å². The molecule has 0 spiro atoms. The summed E-state index contributed by atoms with van der Waals surface area (Å²) in [6, 6.07) is 0. The summed E-state index contributed by atoms with van der Waals surface area (Å²) >= 11 is 0. The van der Waals surface area contributed by atoms with Crippen LogP contribution in [0.1, 0.15) is 126 Å². The molecule has 1 heterocycles. The van der Waals surface area contributed by atoms with E-state index in [9.17, 15) is 19.2 Å². The number of rotatable bonds is 3. The highest BCUT2D eigenvalue weighted by Crippen LogP contribution is 2.26. The molecule has 1 aliphatic heterocycles. The summed E-state index contributed by atoms with van der Waals surface area (Å²) in [5.41, 5.74) is 2.34. The van der Waals surface area contributed by atoms with E-state index >= 15 is 0 Å². The molecular formula is C35H70N2O4. The number of nitrogens with zero attached hydrogens (tertiary/aromatic N) is 2. The SMILES string of the molecule is C.C.C.C.C.C.C=C(C)C.C=C(C)C(=O)CC.C=C=NC.CC#CC(=O)CC.CC1=CC(=O)N(C)C1=O.CC1CC1. The zero-order chi connectivity index (χ0) is 28.6. The topological polar surface area (TPSA) is 83.9 Å². The smallest absolute Gasteiger partial charge is 0.256 e. The Morgan fingerprint density at radius 1 is 0.976 bits per heavy atom. The van der Waals surface area contributed by atoms with Crippen LogP contribution in [0.2, 0.25) is 0 Å². The monoisotopic (exact) mass is 583 g/mol. The van der Waals surface area contributed by atoms with Crippen LogP contribution in [0.4, 0.5) is 0 Å². The first kappa shape index (κ1) is 66.2. The second-order valence-corrected chi connectivity index (χ2v) is 8.01. The highest BCUT2D eigenvalue weighted by Gasteiger charge is 2.23. The van der Waals surface area contributed by atoms with Crippen LogP contribution in [0.15, 0.2) is 47.5 Å². The summed E-state index contributed by atoms with van der Waals surface area (Å²) in [6.45, 7) is 25.1. The van der Waals surface area contributed by atoms with E-state index < -0.39 is 0 Å². The number of likely N-dealkylation sites (N-methyl/N-ethyl adjacent to an activating group) is 1. The van der Waals surface area contributed by atoms with E-state index in [1.165, 1.54) is 31.5 Å². The normalized spacial score (nSPS) is 10.3. The predicted octanol–water partition coefficient (Wildman–Crippen LogP) is 9.75. The van der Waals surface area contributed by atoms with E-state index in [0.29, 0.717) is 24.0 Å². The molecule has 41 heavy (non-hydrogen) atoms. The number of amides is 2.